The molecule has 1 aromatic rings. The van der Waals surface area contributed by atoms with Crippen LogP contribution in [-0.2, 0) is 0 Å². The summed E-state index contributed by atoms with van der Waals surface area (Å²) in [4.78, 5) is 0. The molecule has 0 aliphatic heterocycles. The minimum Gasteiger partial charge on any atom is -0.491 e. The van der Waals surface area contributed by atoms with Crippen molar-refractivity contribution in [2.45, 2.75) is 52.6 Å². The summed E-state index contributed by atoms with van der Waals surface area (Å²) in [7, 11) is 0. The third-order valence-corrected chi connectivity index (χ3v) is 4.12. The Bertz CT molecular complexity index is 406. The topological polar surface area (TPSA) is 29.5 Å². The molecule has 0 bridgehead atoms. The lowest BCUT2D eigenvalue weighted by Crippen LogP contribution is -2.25. The monoisotopic (exact) mass is 248 g/mol. The largest absolute Gasteiger partial charge is 0.491 e. The maximum atomic E-state index is 10.1. The fourth-order valence-electron chi connectivity index (χ4n) is 2.80. The molecule has 0 amide bonds. The van der Waals surface area contributed by atoms with Crippen molar-refractivity contribution in [2.75, 3.05) is 6.61 Å². The maximum Gasteiger partial charge on any atom is 0.122 e. The van der Waals surface area contributed by atoms with E-state index in [2.05, 4.69) is 32.9 Å². The molecule has 1 aromatic carbocycles. The first kappa shape index (κ1) is 13.4. The average molecular weight is 248 g/mol. The summed E-state index contributed by atoms with van der Waals surface area (Å²) in [5, 5.41) is 10.1. The van der Waals surface area contributed by atoms with Gasteiger partial charge in [-0.2, -0.15) is 0 Å². The molecule has 2 nitrogen and oxygen atoms in total. The van der Waals surface area contributed by atoms with Crippen molar-refractivity contribution in [2.24, 2.45) is 5.92 Å². The number of hydrogen-bond acceptors (Lipinski definition) is 2. The number of hydrogen-bond donors (Lipinski definition) is 1. The zero-order chi connectivity index (χ0) is 13.1. The van der Waals surface area contributed by atoms with Gasteiger partial charge in [-0.15, -0.1) is 0 Å². The first-order valence-corrected chi connectivity index (χ1v) is 6.96. The molecule has 1 aliphatic rings. The molecule has 1 atom stereocenters. The molecule has 18 heavy (non-hydrogen) atoms. The number of ether oxygens (including phenoxy) is 1. The van der Waals surface area contributed by atoms with Gasteiger partial charge in [-0.1, -0.05) is 18.9 Å². The first-order chi connectivity index (χ1) is 8.58. The first-order valence-electron chi connectivity index (χ1n) is 6.96. The van der Waals surface area contributed by atoms with Crippen LogP contribution in [0.2, 0.25) is 0 Å². The summed E-state index contributed by atoms with van der Waals surface area (Å²) >= 11 is 0. The quantitative estimate of drug-likeness (QED) is 0.883. The zero-order valence-electron chi connectivity index (χ0n) is 11.7. The number of aliphatic hydroxyl groups excluding tert-OH is 1. The summed E-state index contributed by atoms with van der Waals surface area (Å²) in [6, 6.07) is 4.22. The number of rotatable bonds is 4. The highest BCUT2D eigenvalue weighted by Crippen LogP contribution is 2.29. The number of benzene rings is 1. The minimum atomic E-state index is -0.312. The van der Waals surface area contributed by atoms with E-state index in [0.29, 0.717) is 12.5 Å². The second-order valence-electron chi connectivity index (χ2n) is 5.63. The fourth-order valence-corrected chi connectivity index (χ4v) is 2.80. The van der Waals surface area contributed by atoms with Gasteiger partial charge in [0.15, 0.2) is 0 Å². The summed E-state index contributed by atoms with van der Waals surface area (Å²) < 4.78 is 5.82. The van der Waals surface area contributed by atoms with Gasteiger partial charge in [0.25, 0.3) is 0 Å². The maximum absolute atomic E-state index is 10.1. The van der Waals surface area contributed by atoms with Gasteiger partial charge in [-0.05, 0) is 62.3 Å². The second kappa shape index (κ2) is 5.75. The van der Waals surface area contributed by atoms with E-state index < -0.39 is 0 Å². The van der Waals surface area contributed by atoms with E-state index in [1.54, 1.807) is 0 Å². The van der Waals surface area contributed by atoms with E-state index in [9.17, 15) is 5.11 Å². The Hall–Kier alpha value is -1.02. The van der Waals surface area contributed by atoms with E-state index in [1.807, 2.05) is 0 Å². The van der Waals surface area contributed by atoms with Gasteiger partial charge >= 0.3 is 0 Å². The smallest absolute Gasteiger partial charge is 0.122 e. The molecule has 0 aromatic heterocycles. The molecule has 2 rings (SSSR count). The number of aliphatic hydroxyl groups is 1. The van der Waals surface area contributed by atoms with Crippen LogP contribution in [0, 0.1) is 26.7 Å². The van der Waals surface area contributed by atoms with Gasteiger partial charge in [0.05, 0.1) is 6.10 Å². The Kier molecular flexibility index (Phi) is 4.28. The third kappa shape index (κ3) is 3.05. The third-order valence-electron chi connectivity index (χ3n) is 4.12. The molecule has 1 unspecified atom stereocenters. The van der Waals surface area contributed by atoms with Crippen molar-refractivity contribution in [3.05, 3.63) is 28.8 Å². The van der Waals surface area contributed by atoms with Crippen LogP contribution >= 0.6 is 0 Å². The van der Waals surface area contributed by atoms with E-state index in [-0.39, 0.29) is 6.10 Å². The van der Waals surface area contributed by atoms with Crippen molar-refractivity contribution >= 4 is 0 Å². The predicted molar refractivity (Wildman–Crippen MR) is 74.1 cm³/mol. The van der Waals surface area contributed by atoms with E-state index in [0.717, 1.165) is 18.6 Å². The van der Waals surface area contributed by atoms with Crippen LogP contribution in [0.25, 0.3) is 0 Å². The van der Waals surface area contributed by atoms with Gasteiger partial charge in [-0.25, -0.2) is 0 Å². The molecule has 0 radical (unpaired) electrons. The van der Waals surface area contributed by atoms with Crippen molar-refractivity contribution in [1.29, 1.82) is 0 Å². The molecular formula is C16H24O2. The Labute approximate surface area is 110 Å². The molecule has 1 fully saturated rings. The lowest BCUT2D eigenvalue weighted by atomic mass is 10.0. The van der Waals surface area contributed by atoms with E-state index in [1.165, 1.54) is 29.5 Å². The van der Waals surface area contributed by atoms with Crippen LogP contribution in [0.3, 0.4) is 0 Å². The Morgan fingerprint density at radius 3 is 2.56 bits per heavy atom. The molecule has 2 heteroatoms. The number of aryl methyl sites for hydroxylation is 2. The van der Waals surface area contributed by atoms with Crippen LogP contribution in [0.5, 0.6) is 5.75 Å². The molecule has 0 saturated heterocycles. The van der Waals surface area contributed by atoms with Crippen molar-refractivity contribution in [3.63, 3.8) is 0 Å². The standard InChI is InChI=1S/C16H24O2/c1-11-8-12(2)13(3)16(9-11)18-10-15(17)14-6-4-5-7-14/h8-9,14-15,17H,4-7,10H2,1-3H3. The highest BCUT2D eigenvalue weighted by atomic mass is 16.5. The molecule has 0 heterocycles. The van der Waals surface area contributed by atoms with Crippen LogP contribution in [-0.4, -0.2) is 17.8 Å². The lowest BCUT2D eigenvalue weighted by molar-refractivity contribution is 0.0590. The average Bonchev–Trinajstić information content (AvgIpc) is 2.85. The normalized spacial score (nSPS) is 18.0. The van der Waals surface area contributed by atoms with Gasteiger partial charge in [0.2, 0.25) is 0 Å². The molecule has 1 aliphatic carbocycles. The van der Waals surface area contributed by atoms with Crippen LogP contribution in [0.4, 0.5) is 0 Å². The zero-order valence-corrected chi connectivity index (χ0v) is 11.7. The van der Waals surface area contributed by atoms with Gasteiger partial charge < -0.3 is 9.84 Å². The van der Waals surface area contributed by atoms with Crippen LogP contribution < -0.4 is 4.74 Å². The Morgan fingerprint density at radius 2 is 1.89 bits per heavy atom. The lowest BCUT2D eigenvalue weighted by Gasteiger charge is -2.19. The molecule has 1 N–H and O–H groups in total. The second-order valence-corrected chi connectivity index (χ2v) is 5.63. The van der Waals surface area contributed by atoms with Crippen molar-refractivity contribution in [1.82, 2.24) is 0 Å². The van der Waals surface area contributed by atoms with Crippen molar-refractivity contribution in [3.8, 4) is 5.75 Å². The van der Waals surface area contributed by atoms with Crippen molar-refractivity contribution < 1.29 is 9.84 Å². The highest BCUT2D eigenvalue weighted by Gasteiger charge is 2.23. The molecule has 100 valence electrons. The van der Waals surface area contributed by atoms with Gasteiger partial charge in [-0.3, -0.25) is 0 Å². The highest BCUT2D eigenvalue weighted by molar-refractivity contribution is 5.41. The predicted octanol–water partition coefficient (Wildman–Crippen LogP) is 3.54. The summed E-state index contributed by atoms with van der Waals surface area (Å²) in [6.07, 6.45) is 4.49. The molecular weight excluding hydrogens is 224 g/mol. The minimum absolute atomic E-state index is 0.312. The molecule has 0 spiro atoms. The molecule has 1 saturated carbocycles. The van der Waals surface area contributed by atoms with Gasteiger partial charge in [0.1, 0.15) is 12.4 Å². The van der Waals surface area contributed by atoms with E-state index in [4.69, 9.17) is 4.74 Å². The Morgan fingerprint density at radius 1 is 1.22 bits per heavy atom. The van der Waals surface area contributed by atoms with Gasteiger partial charge in [0, 0.05) is 0 Å². The summed E-state index contributed by atoms with van der Waals surface area (Å²) in [5.74, 6) is 1.36. The Balaban J connectivity index is 1.97. The summed E-state index contributed by atoms with van der Waals surface area (Å²) in [6.45, 7) is 6.68. The van der Waals surface area contributed by atoms with Crippen LogP contribution in [0.1, 0.15) is 42.4 Å². The van der Waals surface area contributed by atoms with E-state index >= 15 is 0 Å². The SMILES string of the molecule is Cc1cc(C)c(C)c(OCC(O)C2CCCC2)c1. The van der Waals surface area contributed by atoms with Crippen LogP contribution in [0.15, 0.2) is 12.1 Å². The summed E-state index contributed by atoms with van der Waals surface area (Å²) in [5.41, 5.74) is 3.64. The fraction of sp³-hybridized carbons (Fsp3) is 0.625.